The second kappa shape index (κ2) is 6.42. The molecule has 0 atom stereocenters. The number of aromatic nitrogens is 2. The predicted molar refractivity (Wildman–Crippen MR) is 87.8 cm³/mol. The van der Waals surface area contributed by atoms with Crippen LogP contribution >= 0.6 is 0 Å². The summed E-state index contributed by atoms with van der Waals surface area (Å²) in [5.74, 6) is 0. The first-order valence-electron chi connectivity index (χ1n) is 7.30. The van der Waals surface area contributed by atoms with Crippen LogP contribution in [-0.2, 0) is 16.8 Å². The Morgan fingerprint density at radius 3 is 2.45 bits per heavy atom. The van der Waals surface area contributed by atoms with Crippen molar-refractivity contribution in [3.8, 4) is 11.3 Å². The highest BCUT2D eigenvalue weighted by Gasteiger charge is 2.21. The SMILES string of the molecule is COCCn1nc(-c2ccc(C)cc2)cc(C(C)(C)N)c1=O. The van der Waals surface area contributed by atoms with Crippen molar-refractivity contribution in [2.75, 3.05) is 13.7 Å². The number of ether oxygens (including phenoxy) is 1. The van der Waals surface area contributed by atoms with Gasteiger partial charge in [0.05, 0.1) is 18.8 Å². The van der Waals surface area contributed by atoms with Gasteiger partial charge in [-0.15, -0.1) is 0 Å². The molecule has 118 valence electrons. The van der Waals surface area contributed by atoms with Gasteiger partial charge < -0.3 is 10.5 Å². The Balaban J connectivity index is 2.59. The van der Waals surface area contributed by atoms with E-state index in [1.807, 2.05) is 45.0 Å². The van der Waals surface area contributed by atoms with E-state index in [2.05, 4.69) is 5.10 Å². The molecule has 0 saturated heterocycles. The molecule has 0 bridgehead atoms. The van der Waals surface area contributed by atoms with Gasteiger partial charge in [0.15, 0.2) is 0 Å². The van der Waals surface area contributed by atoms with E-state index in [1.54, 1.807) is 13.2 Å². The first kappa shape index (κ1) is 16.4. The van der Waals surface area contributed by atoms with E-state index in [9.17, 15) is 4.79 Å². The Bertz CT molecular complexity index is 697. The van der Waals surface area contributed by atoms with Crippen molar-refractivity contribution < 1.29 is 4.74 Å². The number of hydrogen-bond donors (Lipinski definition) is 1. The average molecular weight is 301 g/mol. The first-order valence-corrected chi connectivity index (χ1v) is 7.30. The standard InChI is InChI=1S/C17H23N3O2/c1-12-5-7-13(8-6-12)15-11-14(17(2,3)18)16(21)20(19-15)9-10-22-4/h5-8,11H,9-10,18H2,1-4H3. The molecule has 1 heterocycles. The molecular weight excluding hydrogens is 278 g/mol. The van der Waals surface area contributed by atoms with E-state index in [-0.39, 0.29) is 5.56 Å². The zero-order valence-corrected chi connectivity index (χ0v) is 13.6. The highest BCUT2D eigenvalue weighted by Crippen LogP contribution is 2.21. The predicted octanol–water partition coefficient (Wildman–Crippen LogP) is 2.06. The molecule has 2 rings (SSSR count). The number of rotatable bonds is 5. The van der Waals surface area contributed by atoms with Crippen LogP contribution in [0.15, 0.2) is 35.1 Å². The lowest BCUT2D eigenvalue weighted by Crippen LogP contribution is -2.39. The normalized spacial score (nSPS) is 11.7. The summed E-state index contributed by atoms with van der Waals surface area (Å²) in [6.45, 7) is 6.50. The quantitative estimate of drug-likeness (QED) is 0.917. The van der Waals surface area contributed by atoms with Crippen molar-refractivity contribution >= 4 is 0 Å². The molecule has 0 amide bonds. The highest BCUT2D eigenvalue weighted by molar-refractivity contribution is 5.59. The van der Waals surface area contributed by atoms with Crippen LogP contribution in [0.1, 0.15) is 25.0 Å². The molecule has 0 spiro atoms. The van der Waals surface area contributed by atoms with Gasteiger partial charge in [-0.25, -0.2) is 4.68 Å². The largest absolute Gasteiger partial charge is 0.383 e. The van der Waals surface area contributed by atoms with Crippen LogP contribution in [-0.4, -0.2) is 23.5 Å². The van der Waals surface area contributed by atoms with E-state index in [4.69, 9.17) is 10.5 Å². The fraction of sp³-hybridized carbons (Fsp3) is 0.412. The molecule has 0 saturated carbocycles. The minimum absolute atomic E-state index is 0.166. The number of aryl methyl sites for hydroxylation is 1. The van der Waals surface area contributed by atoms with Crippen LogP contribution in [0, 0.1) is 6.92 Å². The summed E-state index contributed by atoms with van der Waals surface area (Å²) in [4.78, 5) is 12.5. The Morgan fingerprint density at radius 1 is 1.27 bits per heavy atom. The topological polar surface area (TPSA) is 70.1 Å². The Kier molecular flexibility index (Phi) is 4.78. The summed E-state index contributed by atoms with van der Waals surface area (Å²) in [7, 11) is 1.60. The molecular formula is C17H23N3O2. The molecule has 1 aromatic heterocycles. The van der Waals surface area contributed by atoms with Gasteiger partial charge in [0.2, 0.25) is 0 Å². The van der Waals surface area contributed by atoms with E-state index in [0.717, 1.165) is 11.3 Å². The minimum Gasteiger partial charge on any atom is -0.383 e. The lowest BCUT2D eigenvalue weighted by atomic mass is 9.95. The van der Waals surface area contributed by atoms with Crippen molar-refractivity contribution in [2.24, 2.45) is 5.73 Å². The van der Waals surface area contributed by atoms with E-state index < -0.39 is 5.54 Å². The molecule has 2 N–H and O–H groups in total. The number of benzene rings is 1. The van der Waals surface area contributed by atoms with Gasteiger partial charge in [0, 0.05) is 23.8 Å². The fourth-order valence-electron chi connectivity index (χ4n) is 2.20. The Morgan fingerprint density at radius 2 is 1.91 bits per heavy atom. The lowest BCUT2D eigenvalue weighted by molar-refractivity contribution is 0.181. The van der Waals surface area contributed by atoms with E-state index in [1.165, 1.54) is 10.2 Å². The Hall–Kier alpha value is -1.98. The van der Waals surface area contributed by atoms with Crippen LogP contribution in [0.2, 0.25) is 0 Å². The molecule has 22 heavy (non-hydrogen) atoms. The molecule has 2 aromatic rings. The van der Waals surface area contributed by atoms with Gasteiger partial charge in [-0.3, -0.25) is 4.79 Å². The summed E-state index contributed by atoms with van der Waals surface area (Å²) in [6, 6.07) is 9.83. The fourth-order valence-corrected chi connectivity index (χ4v) is 2.20. The molecule has 0 aliphatic heterocycles. The molecule has 0 unspecified atom stereocenters. The third-order valence-electron chi connectivity index (χ3n) is 3.52. The lowest BCUT2D eigenvalue weighted by Gasteiger charge is -2.20. The number of nitrogens with zero attached hydrogens (tertiary/aromatic N) is 2. The zero-order chi connectivity index (χ0) is 16.3. The Labute approximate surface area is 130 Å². The molecule has 0 aliphatic carbocycles. The summed E-state index contributed by atoms with van der Waals surface area (Å²) >= 11 is 0. The number of nitrogens with two attached hydrogens (primary N) is 1. The summed E-state index contributed by atoms with van der Waals surface area (Å²) in [5, 5.41) is 4.45. The van der Waals surface area contributed by atoms with Gasteiger partial charge in [-0.2, -0.15) is 5.10 Å². The second-order valence-electron chi connectivity index (χ2n) is 6.05. The van der Waals surface area contributed by atoms with Gasteiger partial charge in [0.25, 0.3) is 5.56 Å². The average Bonchev–Trinajstić information content (AvgIpc) is 2.46. The highest BCUT2D eigenvalue weighted by atomic mass is 16.5. The van der Waals surface area contributed by atoms with Crippen molar-refractivity contribution in [3.05, 3.63) is 51.8 Å². The molecule has 0 aliphatic rings. The van der Waals surface area contributed by atoms with Gasteiger partial charge in [-0.05, 0) is 26.8 Å². The van der Waals surface area contributed by atoms with Crippen molar-refractivity contribution in [3.63, 3.8) is 0 Å². The van der Waals surface area contributed by atoms with Crippen LogP contribution in [0.25, 0.3) is 11.3 Å². The van der Waals surface area contributed by atoms with Gasteiger partial charge in [0.1, 0.15) is 0 Å². The zero-order valence-electron chi connectivity index (χ0n) is 13.6. The van der Waals surface area contributed by atoms with Crippen molar-refractivity contribution in [2.45, 2.75) is 32.9 Å². The monoisotopic (exact) mass is 301 g/mol. The van der Waals surface area contributed by atoms with E-state index >= 15 is 0 Å². The maximum absolute atomic E-state index is 12.5. The second-order valence-corrected chi connectivity index (χ2v) is 6.05. The van der Waals surface area contributed by atoms with Crippen LogP contribution in [0.3, 0.4) is 0 Å². The molecule has 5 nitrogen and oxygen atoms in total. The number of methoxy groups -OCH3 is 1. The van der Waals surface area contributed by atoms with Crippen molar-refractivity contribution in [1.29, 1.82) is 0 Å². The number of hydrogen-bond acceptors (Lipinski definition) is 4. The summed E-state index contributed by atoms with van der Waals surface area (Å²) in [5.41, 5.74) is 8.69. The minimum atomic E-state index is -0.728. The maximum Gasteiger partial charge on any atom is 0.271 e. The maximum atomic E-state index is 12.5. The molecule has 0 fully saturated rings. The van der Waals surface area contributed by atoms with Crippen molar-refractivity contribution in [1.82, 2.24) is 9.78 Å². The van der Waals surface area contributed by atoms with Gasteiger partial charge >= 0.3 is 0 Å². The van der Waals surface area contributed by atoms with Crippen LogP contribution in [0.4, 0.5) is 0 Å². The third kappa shape index (κ3) is 3.61. The first-order chi connectivity index (χ1) is 10.3. The molecule has 0 radical (unpaired) electrons. The summed E-state index contributed by atoms with van der Waals surface area (Å²) < 4.78 is 6.49. The van der Waals surface area contributed by atoms with E-state index in [0.29, 0.717) is 18.7 Å². The van der Waals surface area contributed by atoms with Gasteiger partial charge in [-0.1, -0.05) is 29.8 Å². The summed E-state index contributed by atoms with van der Waals surface area (Å²) in [6.07, 6.45) is 0. The van der Waals surface area contributed by atoms with Crippen LogP contribution in [0.5, 0.6) is 0 Å². The smallest absolute Gasteiger partial charge is 0.271 e. The molecule has 5 heteroatoms. The van der Waals surface area contributed by atoms with Crippen LogP contribution < -0.4 is 11.3 Å². The molecule has 1 aromatic carbocycles. The third-order valence-corrected chi connectivity index (χ3v) is 3.52.